The first kappa shape index (κ1) is 20.2. The second kappa shape index (κ2) is 8.45. The van der Waals surface area contributed by atoms with Crippen LogP contribution in [0.15, 0.2) is 48.8 Å². The summed E-state index contributed by atoms with van der Waals surface area (Å²) in [5.41, 5.74) is 2.21. The zero-order chi connectivity index (χ0) is 21.3. The molecule has 162 valence electrons. The molecule has 2 aliphatic carbocycles. The Hall–Kier alpha value is -2.69. The van der Waals surface area contributed by atoms with Crippen LogP contribution in [-0.4, -0.2) is 33.3 Å². The molecular formula is C26H31N3O2. The maximum absolute atomic E-state index is 13.8. The van der Waals surface area contributed by atoms with Gasteiger partial charge in [0.1, 0.15) is 0 Å². The molecule has 2 aromatic rings. The number of amides is 2. The first-order valence-electron chi connectivity index (χ1n) is 11.8. The van der Waals surface area contributed by atoms with E-state index >= 15 is 0 Å². The Morgan fingerprint density at radius 2 is 1.81 bits per heavy atom. The average molecular weight is 418 g/mol. The van der Waals surface area contributed by atoms with E-state index < -0.39 is 5.54 Å². The van der Waals surface area contributed by atoms with E-state index in [1.807, 2.05) is 36.4 Å². The fourth-order valence-electron chi connectivity index (χ4n) is 6.27. The quantitative estimate of drug-likeness (QED) is 0.792. The molecule has 1 N–H and O–H groups in total. The minimum atomic E-state index is -0.396. The summed E-state index contributed by atoms with van der Waals surface area (Å²) in [7, 11) is 0. The summed E-state index contributed by atoms with van der Waals surface area (Å²) in [6.45, 7) is 0.457. The Labute approximate surface area is 184 Å². The van der Waals surface area contributed by atoms with E-state index in [-0.39, 0.29) is 23.8 Å². The Morgan fingerprint density at radius 1 is 1.03 bits per heavy atom. The highest BCUT2D eigenvalue weighted by Gasteiger charge is 2.57. The van der Waals surface area contributed by atoms with Crippen molar-refractivity contribution in [2.45, 2.75) is 81.8 Å². The maximum atomic E-state index is 13.8. The highest BCUT2D eigenvalue weighted by molar-refractivity contribution is 6.02. The van der Waals surface area contributed by atoms with Gasteiger partial charge in [0.2, 0.25) is 5.91 Å². The normalized spacial score (nSPS) is 23.0. The third-order valence-corrected chi connectivity index (χ3v) is 7.60. The van der Waals surface area contributed by atoms with Crippen LogP contribution in [0.4, 0.5) is 0 Å². The van der Waals surface area contributed by atoms with Gasteiger partial charge in [-0.05, 0) is 48.9 Å². The largest absolute Gasteiger partial charge is 0.351 e. The van der Waals surface area contributed by atoms with E-state index in [1.165, 1.54) is 19.3 Å². The summed E-state index contributed by atoms with van der Waals surface area (Å²) >= 11 is 0. The number of pyridine rings is 1. The van der Waals surface area contributed by atoms with E-state index in [4.69, 9.17) is 0 Å². The molecule has 2 amide bonds. The lowest BCUT2D eigenvalue weighted by Crippen LogP contribution is -2.63. The van der Waals surface area contributed by atoms with Gasteiger partial charge in [-0.1, -0.05) is 56.4 Å². The lowest BCUT2D eigenvalue weighted by atomic mass is 9.69. The Balaban J connectivity index is 1.54. The van der Waals surface area contributed by atoms with Gasteiger partial charge in [-0.2, -0.15) is 0 Å². The summed E-state index contributed by atoms with van der Waals surface area (Å²) in [6.07, 6.45) is 13.2. The van der Waals surface area contributed by atoms with Crippen molar-refractivity contribution in [2.75, 3.05) is 0 Å². The number of carbonyl (C=O) groups excluding carboxylic acids is 2. The molecule has 2 fully saturated rings. The van der Waals surface area contributed by atoms with Gasteiger partial charge in [-0.15, -0.1) is 0 Å². The zero-order valence-electron chi connectivity index (χ0n) is 18.1. The number of benzene rings is 1. The molecule has 5 rings (SSSR count). The highest BCUT2D eigenvalue weighted by Crippen LogP contribution is 2.52. The van der Waals surface area contributed by atoms with Crippen LogP contribution in [0.25, 0.3) is 0 Å². The van der Waals surface area contributed by atoms with Crippen molar-refractivity contribution < 1.29 is 9.59 Å². The number of hydrogen-bond acceptors (Lipinski definition) is 3. The van der Waals surface area contributed by atoms with Gasteiger partial charge in [0.25, 0.3) is 5.91 Å². The summed E-state index contributed by atoms with van der Waals surface area (Å²) in [5.74, 6) is -0.144. The van der Waals surface area contributed by atoms with Crippen molar-refractivity contribution >= 4 is 11.8 Å². The van der Waals surface area contributed by atoms with E-state index in [0.717, 1.165) is 49.7 Å². The Kier molecular flexibility index (Phi) is 5.51. The lowest BCUT2D eigenvalue weighted by Gasteiger charge is -2.54. The molecule has 3 aliphatic rings. The molecule has 5 heteroatoms. The SMILES string of the molecule is O=C(NCc1cccnc1)C1c2ccccc2C(=O)N(C2CCCCC2)C12CCCC2. The predicted molar refractivity (Wildman–Crippen MR) is 120 cm³/mol. The molecule has 1 spiro atoms. The lowest BCUT2D eigenvalue weighted by molar-refractivity contribution is -0.127. The molecule has 0 bridgehead atoms. The molecule has 0 saturated heterocycles. The molecule has 0 radical (unpaired) electrons. The molecule has 31 heavy (non-hydrogen) atoms. The first-order valence-corrected chi connectivity index (χ1v) is 11.8. The van der Waals surface area contributed by atoms with Crippen molar-refractivity contribution in [1.82, 2.24) is 15.2 Å². The Bertz CT molecular complexity index is 946. The van der Waals surface area contributed by atoms with Crippen LogP contribution in [0.3, 0.4) is 0 Å². The van der Waals surface area contributed by atoms with Crippen LogP contribution in [-0.2, 0) is 11.3 Å². The van der Waals surface area contributed by atoms with Gasteiger partial charge in [0, 0.05) is 30.5 Å². The second-order valence-electron chi connectivity index (χ2n) is 9.38. The minimum absolute atomic E-state index is 0.0338. The maximum Gasteiger partial charge on any atom is 0.254 e. The number of carbonyl (C=O) groups is 2. The van der Waals surface area contributed by atoms with Gasteiger partial charge < -0.3 is 10.2 Å². The van der Waals surface area contributed by atoms with Crippen molar-refractivity contribution in [3.63, 3.8) is 0 Å². The minimum Gasteiger partial charge on any atom is -0.351 e. The fourth-order valence-corrected chi connectivity index (χ4v) is 6.27. The summed E-state index contributed by atoms with van der Waals surface area (Å²) in [6, 6.07) is 11.9. The van der Waals surface area contributed by atoms with Gasteiger partial charge in [-0.25, -0.2) is 0 Å². The van der Waals surface area contributed by atoms with E-state index in [2.05, 4.69) is 15.2 Å². The van der Waals surface area contributed by atoms with Crippen LogP contribution in [0.1, 0.15) is 85.2 Å². The van der Waals surface area contributed by atoms with Crippen LogP contribution in [0, 0.1) is 0 Å². The number of rotatable bonds is 4. The average Bonchev–Trinajstić information content (AvgIpc) is 3.28. The summed E-state index contributed by atoms with van der Waals surface area (Å²) < 4.78 is 0. The summed E-state index contributed by atoms with van der Waals surface area (Å²) in [4.78, 5) is 33.9. The van der Waals surface area contributed by atoms with Gasteiger partial charge >= 0.3 is 0 Å². The van der Waals surface area contributed by atoms with Crippen molar-refractivity contribution in [2.24, 2.45) is 0 Å². The summed E-state index contributed by atoms with van der Waals surface area (Å²) in [5, 5.41) is 3.18. The molecule has 1 atom stereocenters. The smallest absolute Gasteiger partial charge is 0.254 e. The van der Waals surface area contributed by atoms with Crippen LogP contribution < -0.4 is 5.32 Å². The Morgan fingerprint density at radius 3 is 2.55 bits per heavy atom. The third-order valence-electron chi connectivity index (χ3n) is 7.60. The molecule has 1 aromatic heterocycles. The molecule has 1 unspecified atom stereocenters. The van der Waals surface area contributed by atoms with Crippen molar-refractivity contribution in [1.29, 1.82) is 0 Å². The van der Waals surface area contributed by atoms with E-state index in [1.54, 1.807) is 12.4 Å². The first-order chi connectivity index (χ1) is 15.2. The van der Waals surface area contributed by atoms with Gasteiger partial charge in [0.15, 0.2) is 0 Å². The number of hydrogen-bond donors (Lipinski definition) is 1. The topological polar surface area (TPSA) is 62.3 Å². The van der Waals surface area contributed by atoms with Crippen LogP contribution >= 0.6 is 0 Å². The number of fused-ring (bicyclic) bond motifs is 1. The predicted octanol–water partition coefficient (Wildman–Crippen LogP) is 4.58. The third kappa shape index (κ3) is 3.54. The van der Waals surface area contributed by atoms with E-state index in [0.29, 0.717) is 12.1 Å². The molecule has 5 nitrogen and oxygen atoms in total. The van der Waals surface area contributed by atoms with Crippen LogP contribution in [0.5, 0.6) is 0 Å². The molecule has 1 aromatic carbocycles. The van der Waals surface area contributed by atoms with Gasteiger partial charge in [0.05, 0.1) is 11.5 Å². The second-order valence-corrected chi connectivity index (χ2v) is 9.38. The zero-order valence-corrected chi connectivity index (χ0v) is 18.1. The highest BCUT2D eigenvalue weighted by atomic mass is 16.2. The van der Waals surface area contributed by atoms with Gasteiger partial charge in [-0.3, -0.25) is 14.6 Å². The number of nitrogens with one attached hydrogen (secondary N) is 1. The standard InChI is InChI=1S/C26H31N3O2/c30-24(28-18-19-9-8-16-27-17-19)23-21-12-4-5-13-22(21)25(31)29(20-10-2-1-3-11-20)26(23)14-6-7-15-26/h4-5,8-9,12-13,16-17,20,23H,1-3,6-7,10-11,14-15,18H2,(H,28,30). The fraction of sp³-hybridized carbons (Fsp3) is 0.500. The number of nitrogens with zero attached hydrogens (tertiary/aromatic N) is 2. The molecular weight excluding hydrogens is 386 g/mol. The van der Waals surface area contributed by atoms with Crippen molar-refractivity contribution in [3.05, 3.63) is 65.5 Å². The van der Waals surface area contributed by atoms with Crippen molar-refractivity contribution in [3.8, 4) is 0 Å². The molecule has 2 saturated carbocycles. The monoisotopic (exact) mass is 417 g/mol. The van der Waals surface area contributed by atoms with E-state index in [9.17, 15) is 9.59 Å². The van der Waals surface area contributed by atoms with Crippen LogP contribution in [0.2, 0.25) is 0 Å². The number of aromatic nitrogens is 1. The molecule has 1 aliphatic heterocycles. The molecule has 2 heterocycles.